The van der Waals surface area contributed by atoms with E-state index in [4.69, 9.17) is 17.3 Å². The van der Waals surface area contributed by atoms with Crippen molar-refractivity contribution in [3.05, 3.63) is 64.4 Å². The highest BCUT2D eigenvalue weighted by molar-refractivity contribution is 6.31. The summed E-state index contributed by atoms with van der Waals surface area (Å²) in [6.45, 7) is 0.671. The van der Waals surface area contributed by atoms with E-state index >= 15 is 0 Å². The SMILES string of the molecule is CC1(c2ccccc2F)C(=O)Nc2nc(-c3nn(CCC(F)(F)C(F)(F)F)c4cc(Cl)ccc34)nc(N)c21. The van der Waals surface area contributed by atoms with Crippen molar-refractivity contribution in [1.29, 1.82) is 0 Å². The van der Waals surface area contributed by atoms with Gasteiger partial charge in [0.05, 0.1) is 11.1 Å². The predicted octanol–water partition coefficient (Wildman–Crippen LogP) is 5.71. The fourth-order valence-electron chi connectivity index (χ4n) is 4.51. The van der Waals surface area contributed by atoms with Gasteiger partial charge in [0, 0.05) is 28.9 Å². The summed E-state index contributed by atoms with van der Waals surface area (Å²) in [5.74, 6) is -6.50. The van der Waals surface area contributed by atoms with Gasteiger partial charge in [-0.15, -0.1) is 0 Å². The first kappa shape index (κ1) is 25.8. The van der Waals surface area contributed by atoms with Gasteiger partial charge < -0.3 is 11.1 Å². The highest BCUT2D eigenvalue weighted by Gasteiger charge is 2.57. The Kier molecular flexibility index (Phi) is 5.82. The molecule has 1 unspecified atom stereocenters. The smallest absolute Gasteiger partial charge is 0.383 e. The molecule has 1 amide bonds. The van der Waals surface area contributed by atoms with Crippen LogP contribution in [0.25, 0.3) is 22.4 Å². The van der Waals surface area contributed by atoms with E-state index in [0.717, 1.165) is 4.68 Å². The molecule has 0 saturated heterocycles. The summed E-state index contributed by atoms with van der Waals surface area (Å²) in [4.78, 5) is 21.6. The lowest BCUT2D eigenvalue weighted by atomic mass is 9.77. The number of halogens is 7. The number of rotatable bonds is 5. The van der Waals surface area contributed by atoms with Crippen molar-refractivity contribution in [3.8, 4) is 11.5 Å². The summed E-state index contributed by atoms with van der Waals surface area (Å²) in [6.07, 6.45) is -7.29. The molecule has 38 heavy (non-hydrogen) atoms. The Morgan fingerprint density at radius 2 is 1.82 bits per heavy atom. The maximum absolute atomic E-state index is 14.7. The number of alkyl halides is 5. The molecule has 1 aliphatic rings. The predicted molar refractivity (Wildman–Crippen MR) is 127 cm³/mol. The number of carbonyl (C=O) groups excluding carboxylic acids is 1. The fraction of sp³-hybridized carbons (Fsp3) is 0.250. The molecule has 0 radical (unpaired) electrons. The summed E-state index contributed by atoms with van der Waals surface area (Å²) in [5, 5.41) is 7.24. The molecule has 0 fully saturated rings. The molecule has 1 atom stereocenters. The van der Waals surface area contributed by atoms with Gasteiger partial charge in [-0.25, -0.2) is 14.4 Å². The zero-order chi connectivity index (χ0) is 27.6. The van der Waals surface area contributed by atoms with Crippen molar-refractivity contribution in [2.24, 2.45) is 0 Å². The number of carbonyl (C=O) groups is 1. The van der Waals surface area contributed by atoms with Crippen molar-refractivity contribution >= 4 is 40.0 Å². The Morgan fingerprint density at radius 1 is 1.11 bits per heavy atom. The molecule has 0 aliphatic carbocycles. The average molecular weight is 555 g/mol. The fourth-order valence-corrected chi connectivity index (χ4v) is 4.67. The van der Waals surface area contributed by atoms with Crippen molar-refractivity contribution in [1.82, 2.24) is 19.7 Å². The Hall–Kier alpha value is -3.87. The summed E-state index contributed by atoms with van der Waals surface area (Å²) >= 11 is 6.03. The standard InChI is InChI=1S/C24H17ClF6N6O/c1-22(13-4-2-3-5-14(13)26)16-18(32)33-20(34-19(16)35-21(22)38)17-12-7-6-11(25)10-15(12)37(36-17)9-8-23(27,28)24(29,30)31/h2-7,10H,8-9H2,1H3,(H3,32,33,34,35,38). The lowest BCUT2D eigenvalue weighted by molar-refractivity contribution is -0.285. The van der Waals surface area contributed by atoms with Crippen LogP contribution in [0, 0.1) is 5.82 Å². The van der Waals surface area contributed by atoms with E-state index in [9.17, 15) is 31.1 Å². The number of hydrogen-bond donors (Lipinski definition) is 2. The third-order valence-electron chi connectivity index (χ3n) is 6.51. The number of amides is 1. The van der Waals surface area contributed by atoms with Crippen molar-refractivity contribution in [3.63, 3.8) is 0 Å². The summed E-state index contributed by atoms with van der Waals surface area (Å²) in [5.41, 5.74) is 5.03. The Bertz CT molecular complexity index is 1600. The van der Waals surface area contributed by atoms with Crippen LogP contribution in [0.4, 0.5) is 38.0 Å². The summed E-state index contributed by atoms with van der Waals surface area (Å²) < 4.78 is 80.9. The van der Waals surface area contributed by atoms with Crippen molar-refractivity contribution < 1.29 is 31.1 Å². The molecule has 7 nitrogen and oxygen atoms in total. The van der Waals surface area contributed by atoms with Crippen LogP contribution in [0.1, 0.15) is 24.5 Å². The lowest BCUT2D eigenvalue weighted by Gasteiger charge is -2.23. The van der Waals surface area contributed by atoms with Gasteiger partial charge in [-0.3, -0.25) is 9.48 Å². The van der Waals surface area contributed by atoms with E-state index in [1.807, 2.05) is 0 Å². The lowest BCUT2D eigenvalue weighted by Crippen LogP contribution is -2.37. The van der Waals surface area contributed by atoms with E-state index in [-0.39, 0.29) is 44.8 Å². The molecule has 0 saturated carbocycles. The zero-order valence-electron chi connectivity index (χ0n) is 19.4. The number of hydrogen-bond acceptors (Lipinski definition) is 5. The maximum atomic E-state index is 14.7. The first-order valence-electron chi connectivity index (χ1n) is 11.1. The summed E-state index contributed by atoms with van der Waals surface area (Å²) in [6, 6.07) is 9.97. The van der Waals surface area contributed by atoms with Gasteiger partial charge in [-0.1, -0.05) is 29.8 Å². The number of nitrogens with zero attached hydrogens (tertiary/aromatic N) is 4. The van der Waals surface area contributed by atoms with E-state index < -0.39 is 42.2 Å². The van der Waals surface area contributed by atoms with Crippen LogP contribution in [0.3, 0.4) is 0 Å². The molecule has 1 aliphatic heterocycles. The number of nitrogens with one attached hydrogen (secondary N) is 1. The third kappa shape index (κ3) is 3.92. The van der Waals surface area contributed by atoms with Crippen LogP contribution in [0.15, 0.2) is 42.5 Å². The number of nitrogens with two attached hydrogens (primary N) is 1. The maximum Gasteiger partial charge on any atom is 0.453 e. The first-order chi connectivity index (χ1) is 17.7. The monoisotopic (exact) mass is 554 g/mol. The van der Waals surface area contributed by atoms with Crippen LogP contribution in [-0.4, -0.2) is 37.8 Å². The number of nitrogen functional groups attached to an aromatic ring is 1. The van der Waals surface area contributed by atoms with Crippen molar-refractivity contribution in [2.45, 2.75) is 37.4 Å². The Balaban J connectivity index is 1.62. The summed E-state index contributed by atoms with van der Waals surface area (Å²) in [7, 11) is 0. The van der Waals surface area contributed by atoms with E-state index in [2.05, 4.69) is 20.4 Å². The molecule has 3 heterocycles. The quantitative estimate of drug-likeness (QED) is 0.308. The number of fused-ring (bicyclic) bond motifs is 2. The van der Waals surface area contributed by atoms with Gasteiger partial charge in [0.15, 0.2) is 5.82 Å². The van der Waals surface area contributed by atoms with Crippen LogP contribution in [-0.2, 0) is 16.8 Å². The molecule has 3 N–H and O–H groups in total. The minimum Gasteiger partial charge on any atom is -0.383 e. The minimum absolute atomic E-state index is 0.00948. The van der Waals surface area contributed by atoms with Gasteiger partial charge in [-0.05, 0) is 31.2 Å². The van der Waals surface area contributed by atoms with Crippen LogP contribution in [0.2, 0.25) is 5.02 Å². The molecule has 0 spiro atoms. The van der Waals surface area contributed by atoms with Crippen molar-refractivity contribution in [2.75, 3.05) is 11.1 Å². The van der Waals surface area contributed by atoms with Crippen LogP contribution >= 0.6 is 11.6 Å². The number of benzene rings is 2. The highest BCUT2D eigenvalue weighted by atomic mass is 35.5. The topological polar surface area (TPSA) is 98.7 Å². The minimum atomic E-state index is -5.73. The molecule has 0 bridgehead atoms. The molecular formula is C24H17ClF6N6O. The molecule has 198 valence electrons. The van der Waals surface area contributed by atoms with Gasteiger partial charge in [0.2, 0.25) is 5.91 Å². The van der Waals surface area contributed by atoms with Crippen LogP contribution in [0.5, 0.6) is 0 Å². The van der Waals surface area contributed by atoms with Gasteiger partial charge >= 0.3 is 12.1 Å². The second-order valence-corrected chi connectivity index (χ2v) is 9.34. The zero-order valence-corrected chi connectivity index (χ0v) is 20.1. The third-order valence-corrected chi connectivity index (χ3v) is 6.75. The Labute approximate surface area is 215 Å². The van der Waals surface area contributed by atoms with E-state index in [1.54, 1.807) is 6.07 Å². The molecule has 5 rings (SSSR count). The average Bonchev–Trinajstić information content (AvgIpc) is 3.32. The second-order valence-electron chi connectivity index (χ2n) is 8.90. The number of aryl methyl sites for hydroxylation is 1. The highest BCUT2D eigenvalue weighted by Crippen LogP contribution is 2.46. The van der Waals surface area contributed by atoms with Gasteiger partial charge in [-0.2, -0.15) is 27.1 Å². The molecule has 4 aromatic rings. The largest absolute Gasteiger partial charge is 0.453 e. The molecular weight excluding hydrogens is 538 g/mol. The number of anilines is 2. The molecule has 14 heteroatoms. The van der Waals surface area contributed by atoms with Gasteiger partial charge in [0.25, 0.3) is 0 Å². The van der Waals surface area contributed by atoms with Gasteiger partial charge in [0.1, 0.15) is 28.6 Å². The van der Waals surface area contributed by atoms with E-state index in [0.29, 0.717) is 5.39 Å². The second kappa shape index (κ2) is 8.58. The Morgan fingerprint density at radius 3 is 2.50 bits per heavy atom. The number of aromatic nitrogens is 4. The molecule has 2 aromatic heterocycles. The molecule has 2 aromatic carbocycles. The van der Waals surface area contributed by atoms with E-state index in [1.165, 1.54) is 43.3 Å². The normalized spacial score (nSPS) is 17.6. The first-order valence-corrected chi connectivity index (χ1v) is 11.5. The van der Waals surface area contributed by atoms with Crippen LogP contribution < -0.4 is 11.1 Å².